The van der Waals surface area contributed by atoms with Crippen molar-refractivity contribution in [3.63, 3.8) is 0 Å². The minimum absolute atomic E-state index is 0.0594. The smallest absolute Gasteiger partial charge is 0.134 e. The van der Waals surface area contributed by atoms with Gasteiger partial charge in [0.1, 0.15) is 5.82 Å². The molecule has 0 aliphatic carbocycles. The van der Waals surface area contributed by atoms with Gasteiger partial charge in [-0.15, -0.1) is 11.3 Å². The summed E-state index contributed by atoms with van der Waals surface area (Å²) in [6, 6.07) is 3.99. The van der Waals surface area contributed by atoms with E-state index in [0.717, 1.165) is 11.2 Å². The fraction of sp³-hybridized carbons (Fsp3) is 0.417. The highest BCUT2D eigenvalue weighted by Crippen LogP contribution is 2.26. The molecule has 0 amide bonds. The van der Waals surface area contributed by atoms with Crippen LogP contribution in [-0.4, -0.2) is 35.0 Å². The number of nitrogens with zero attached hydrogens (tertiary/aromatic N) is 1. The fourth-order valence-electron chi connectivity index (χ4n) is 1.49. The van der Waals surface area contributed by atoms with E-state index < -0.39 is 5.41 Å². The number of aliphatic hydroxyl groups excluding tert-OH is 2. The summed E-state index contributed by atoms with van der Waals surface area (Å²) < 4.78 is 1.18. The van der Waals surface area contributed by atoms with Gasteiger partial charge in [0.15, 0.2) is 0 Å². The molecule has 0 bridgehead atoms. The molecule has 0 spiro atoms. The highest BCUT2D eigenvalue weighted by atomic mass is 32.1. The van der Waals surface area contributed by atoms with Crippen molar-refractivity contribution in [3.05, 3.63) is 23.7 Å². The zero-order chi connectivity index (χ0) is 12.3. The fourth-order valence-corrected chi connectivity index (χ4v) is 2.28. The molecule has 0 unspecified atom stereocenters. The maximum atomic E-state index is 9.22. The van der Waals surface area contributed by atoms with Crippen LogP contribution >= 0.6 is 11.3 Å². The lowest BCUT2D eigenvalue weighted by molar-refractivity contribution is 0.0806. The van der Waals surface area contributed by atoms with Gasteiger partial charge in [0.25, 0.3) is 0 Å². The number of pyridine rings is 1. The molecule has 2 rings (SSSR count). The van der Waals surface area contributed by atoms with Gasteiger partial charge in [0, 0.05) is 28.2 Å². The van der Waals surface area contributed by atoms with Crippen molar-refractivity contribution in [2.24, 2.45) is 5.41 Å². The van der Waals surface area contributed by atoms with Gasteiger partial charge < -0.3 is 15.5 Å². The molecule has 92 valence electrons. The zero-order valence-electron chi connectivity index (χ0n) is 9.68. The standard InChI is InChI=1S/C12H16N2O2S/c1-12(7-15,8-16)6-14-11-9-3-5-17-10(9)2-4-13-11/h2-5,15-16H,6-8H2,1H3,(H,13,14). The normalized spacial score (nSPS) is 11.9. The Labute approximate surface area is 104 Å². The second kappa shape index (κ2) is 5.00. The first-order valence-electron chi connectivity index (χ1n) is 5.46. The van der Waals surface area contributed by atoms with Gasteiger partial charge in [-0.1, -0.05) is 6.92 Å². The van der Waals surface area contributed by atoms with Crippen molar-refractivity contribution in [1.82, 2.24) is 4.98 Å². The quantitative estimate of drug-likeness (QED) is 0.758. The summed E-state index contributed by atoms with van der Waals surface area (Å²) in [6.45, 7) is 2.20. The molecule has 0 radical (unpaired) electrons. The molecule has 0 saturated carbocycles. The van der Waals surface area contributed by atoms with Crippen molar-refractivity contribution in [1.29, 1.82) is 0 Å². The van der Waals surface area contributed by atoms with Gasteiger partial charge in [-0.2, -0.15) is 0 Å². The number of fused-ring (bicyclic) bond motifs is 1. The maximum Gasteiger partial charge on any atom is 0.134 e. The van der Waals surface area contributed by atoms with E-state index in [9.17, 15) is 10.2 Å². The Morgan fingerprint density at radius 1 is 1.35 bits per heavy atom. The van der Waals surface area contributed by atoms with Crippen molar-refractivity contribution in [3.8, 4) is 0 Å². The van der Waals surface area contributed by atoms with Crippen LogP contribution in [0.25, 0.3) is 10.1 Å². The van der Waals surface area contributed by atoms with Crippen LogP contribution in [0.4, 0.5) is 5.82 Å². The first-order valence-corrected chi connectivity index (χ1v) is 6.34. The summed E-state index contributed by atoms with van der Waals surface area (Å²) in [5.41, 5.74) is -0.528. The molecule has 17 heavy (non-hydrogen) atoms. The Bertz CT molecular complexity index is 494. The summed E-state index contributed by atoms with van der Waals surface area (Å²) >= 11 is 1.67. The minimum Gasteiger partial charge on any atom is -0.396 e. The van der Waals surface area contributed by atoms with Gasteiger partial charge in [0.05, 0.1) is 13.2 Å². The molecule has 5 heteroatoms. The molecular weight excluding hydrogens is 236 g/mol. The summed E-state index contributed by atoms with van der Waals surface area (Å²) in [7, 11) is 0. The lowest BCUT2D eigenvalue weighted by Crippen LogP contribution is -2.34. The second-order valence-corrected chi connectivity index (χ2v) is 5.42. The van der Waals surface area contributed by atoms with E-state index in [4.69, 9.17) is 0 Å². The van der Waals surface area contributed by atoms with Crippen LogP contribution in [0.5, 0.6) is 0 Å². The average molecular weight is 252 g/mol. The van der Waals surface area contributed by atoms with Crippen LogP contribution in [0.1, 0.15) is 6.92 Å². The third-order valence-corrected chi connectivity index (χ3v) is 3.71. The van der Waals surface area contributed by atoms with Gasteiger partial charge in [-0.25, -0.2) is 4.98 Å². The third kappa shape index (κ3) is 2.57. The van der Waals surface area contributed by atoms with Crippen LogP contribution in [0.15, 0.2) is 23.7 Å². The molecule has 0 aromatic carbocycles. The number of aromatic nitrogens is 1. The molecule has 4 nitrogen and oxygen atoms in total. The van der Waals surface area contributed by atoms with E-state index >= 15 is 0 Å². The van der Waals surface area contributed by atoms with Gasteiger partial charge in [-0.3, -0.25) is 0 Å². The first kappa shape index (κ1) is 12.3. The minimum atomic E-state index is -0.528. The molecule has 2 aromatic rings. The molecule has 0 fully saturated rings. The Balaban J connectivity index is 2.16. The zero-order valence-corrected chi connectivity index (χ0v) is 10.5. The van der Waals surface area contributed by atoms with Crippen LogP contribution in [0.3, 0.4) is 0 Å². The van der Waals surface area contributed by atoms with E-state index in [-0.39, 0.29) is 13.2 Å². The summed E-state index contributed by atoms with van der Waals surface area (Å²) in [5, 5.41) is 24.7. The molecule has 0 aliphatic heterocycles. The number of hydrogen-bond acceptors (Lipinski definition) is 5. The summed E-state index contributed by atoms with van der Waals surface area (Å²) in [6.07, 6.45) is 1.76. The molecule has 0 aliphatic rings. The summed E-state index contributed by atoms with van der Waals surface area (Å²) in [5.74, 6) is 0.803. The second-order valence-electron chi connectivity index (χ2n) is 4.47. The molecule has 2 aromatic heterocycles. The number of anilines is 1. The molecular formula is C12H16N2O2S. The number of thiophene rings is 1. The van der Waals surface area contributed by atoms with E-state index in [0.29, 0.717) is 6.54 Å². The van der Waals surface area contributed by atoms with E-state index in [1.165, 1.54) is 4.70 Å². The predicted molar refractivity (Wildman–Crippen MR) is 70.4 cm³/mol. The Hall–Kier alpha value is -1.17. The topological polar surface area (TPSA) is 65.4 Å². The summed E-state index contributed by atoms with van der Waals surface area (Å²) in [4.78, 5) is 4.28. The predicted octanol–water partition coefficient (Wildman–Crippen LogP) is 1.70. The molecule has 2 heterocycles. The van der Waals surface area contributed by atoms with Crippen LogP contribution in [0, 0.1) is 5.41 Å². The van der Waals surface area contributed by atoms with Crippen molar-refractivity contribution >= 4 is 27.2 Å². The van der Waals surface area contributed by atoms with Crippen molar-refractivity contribution in [2.75, 3.05) is 25.1 Å². The Morgan fingerprint density at radius 2 is 2.12 bits per heavy atom. The van der Waals surface area contributed by atoms with Crippen LogP contribution < -0.4 is 5.32 Å². The molecule has 0 saturated heterocycles. The lowest BCUT2D eigenvalue weighted by atomic mass is 9.93. The van der Waals surface area contributed by atoms with Gasteiger partial charge in [-0.05, 0) is 17.5 Å². The van der Waals surface area contributed by atoms with E-state index in [1.54, 1.807) is 17.5 Å². The number of aliphatic hydroxyl groups is 2. The van der Waals surface area contributed by atoms with Crippen LogP contribution in [0.2, 0.25) is 0 Å². The van der Waals surface area contributed by atoms with Gasteiger partial charge >= 0.3 is 0 Å². The van der Waals surface area contributed by atoms with Gasteiger partial charge in [0.2, 0.25) is 0 Å². The highest BCUT2D eigenvalue weighted by molar-refractivity contribution is 7.17. The average Bonchev–Trinajstić information content (AvgIpc) is 2.84. The SMILES string of the molecule is CC(CO)(CO)CNc1nccc2sccc12. The van der Waals surface area contributed by atoms with E-state index in [1.807, 2.05) is 24.4 Å². The van der Waals surface area contributed by atoms with E-state index in [2.05, 4.69) is 10.3 Å². The Kier molecular flexibility index (Phi) is 3.61. The third-order valence-electron chi connectivity index (χ3n) is 2.83. The van der Waals surface area contributed by atoms with Crippen LogP contribution in [-0.2, 0) is 0 Å². The molecule has 0 atom stereocenters. The maximum absolute atomic E-state index is 9.22. The number of hydrogen-bond donors (Lipinski definition) is 3. The largest absolute Gasteiger partial charge is 0.396 e. The Morgan fingerprint density at radius 3 is 2.82 bits per heavy atom. The number of nitrogens with one attached hydrogen (secondary N) is 1. The monoisotopic (exact) mass is 252 g/mol. The number of rotatable bonds is 5. The van der Waals surface area contributed by atoms with Crippen molar-refractivity contribution < 1.29 is 10.2 Å². The van der Waals surface area contributed by atoms with Crippen molar-refractivity contribution in [2.45, 2.75) is 6.92 Å². The molecule has 3 N–H and O–H groups in total. The highest BCUT2D eigenvalue weighted by Gasteiger charge is 2.22. The first-order chi connectivity index (χ1) is 8.18. The lowest BCUT2D eigenvalue weighted by Gasteiger charge is -2.25.